The van der Waals surface area contributed by atoms with E-state index < -0.39 is 6.04 Å². The van der Waals surface area contributed by atoms with Crippen molar-refractivity contribution in [2.24, 2.45) is 5.92 Å². The van der Waals surface area contributed by atoms with Gasteiger partial charge in [0.25, 0.3) is 11.8 Å². The number of nitrogens with two attached hydrogens (primary N) is 1. The summed E-state index contributed by atoms with van der Waals surface area (Å²) in [6.07, 6.45) is 0. The van der Waals surface area contributed by atoms with Gasteiger partial charge in [0.1, 0.15) is 6.04 Å². The lowest BCUT2D eigenvalue weighted by molar-refractivity contribution is -0.136. The number of nitrogen functional groups attached to an aromatic ring is 1. The van der Waals surface area contributed by atoms with Gasteiger partial charge in [0.05, 0.1) is 6.61 Å². The van der Waals surface area contributed by atoms with Crippen molar-refractivity contribution in [1.29, 1.82) is 0 Å². The van der Waals surface area contributed by atoms with Gasteiger partial charge < -0.3 is 11.1 Å². The number of amides is 2. The van der Waals surface area contributed by atoms with Gasteiger partial charge in [-0.05, 0) is 61.4 Å². The van der Waals surface area contributed by atoms with Crippen LogP contribution in [0.15, 0.2) is 48.5 Å². The lowest BCUT2D eigenvalue weighted by Crippen LogP contribution is -2.49. The van der Waals surface area contributed by atoms with E-state index in [0.717, 1.165) is 11.1 Å². The largest absolute Gasteiger partial charge is 0.399 e. The summed E-state index contributed by atoms with van der Waals surface area (Å²) in [5, 5.41) is 2.75. The van der Waals surface area contributed by atoms with E-state index in [1.54, 1.807) is 43.3 Å². The highest BCUT2D eigenvalue weighted by atomic mass is 16.6. The standard InChI is InChI=1S/C22H25N3O3/c1-4-28-25-22(27)20(15(2)3)24-21(26)18-11-7-16(8-12-18)5-6-17-9-13-19(23)14-10-17/h7-15,20H,4,23H2,1-3H3,(H,24,26)(H,25,27). The van der Waals surface area contributed by atoms with Crippen LogP contribution in [-0.2, 0) is 9.63 Å². The van der Waals surface area contributed by atoms with Gasteiger partial charge in [-0.1, -0.05) is 25.7 Å². The van der Waals surface area contributed by atoms with Crippen LogP contribution in [0.1, 0.15) is 42.3 Å². The number of hydroxylamine groups is 1. The monoisotopic (exact) mass is 379 g/mol. The van der Waals surface area contributed by atoms with Crippen LogP contribution in [0.4, 0.5) is 5.69 Å². The van der Waals surface area contributed by atoms with Crippen molar-refractivity contribution in [1.82, 2.24) is 10.8 Å². The van der Waals surface area contributed by atoms with Crippen molar-refractivity contribution >= 4 is 17.5 Å². The Morgan fingerprint density at radius 2 is 1.54 bits per heavy atom. The molecule has 2 aromatic rings. The maximum atomic E-state index is 12.5. The Morgan fingerprint density at radius 1 is 1.00 bits per heavy atom. The molecule has 4 N–H and O–H groups in total. The number of hydrogen-bond acceptors (Lipinski definition) is 4. The summed E-state index contributed by atoms with van der Waals surface area (Å²) in [6, 6.07) is 13.5. The smallest absolute Gasteiger partial charge is 0.266 e. The third kappa shape index (κ3) is 6.15. The number of carbonyl (C=O) groups excluding carboxylic acids is 2. The van der Waals surface area contributed by atoms with Crippen LogP contribution in [0.25, 0.3) is 0 Å². The molecule has 6 nitrogen and oxygen atoms in total. The predicted octanol–water partition coefficient (Wildman–Crippen LogP) is 2.49. The van der Waals surface area contributed by atoms with Crippen LogP contribution >= 0.6 is 0 Å². The fourth-order valence-corrected chi connectivity index (χ4v) is 2.38. The van der Waals surface area contributed by atoms with Gasteiger partial charge in [0.2, 0.25) is 0 Å². The molecule has 1 unspecified atom stereocenters. The van der Waals surface area contributed by atoms with Gasteiger partial charge in [-0.15, -0.1) is 0 Å². The molecule has 1 atom stereocenters. The van der Waals surface area contributed by atoms with E-state index in [4.69, 9.17) is 10.6 Å². The Balaban J connectivity index is 2.04. The van der Waals surface area contributed by atoms with Crippen molar-refractivity contribution in [2.75, 3.05) is 12.3 Å². The zero-order valence-electron chi connectivity index (χ0n) is 16.3. The van der Waals surface area contributed by atoms with Gasteiger partial charge in [-0.25, -0.2) is 5.48 Å². The fraction of sp³-hybridized carbons (Fsp3) is 0.273. The molecule has 0 radical (unpaired) electrons. The number of carbonyl (C=O) groups is 2. The van der Waals surface area contributed by atoms with E-state index in [2.05, 4.69) is 22.6 Å². The van der Waals surface area contributed by atoms with Crippen LogP contribution in [-0.4, -0.2) is 24.5 Å². The minimum atomic E-state index is -0.691. The number of nitrogens with one attached hydrogen (secondary N) is 2. The highest BCUT2D eigenvalue weighted by molar-refractivity contribution is 5.97. The second-order valence-corrected chi connectivity index (χ2v) is 6.54. The molecule has 0 fully saturated rings. The quantitative estimate of drug-likeness (QED) is 0.408. The summed E-state index contributed by atoms with van der Waals surface area (Å²) >= 11 is 0. The Hall–Kier alpha value is -3.30. The molecule has 0 spiro atoms. The predicted molar refractivity (Wildman–Crippen MR) is 109 cm³/mol. The first-order chi connectivity index (χ1) is 13.4. The van der Waals surface area contributed by atoms with Crippen molar-refractivity contribution in [2.45, 2.75) is 26.8 Å². The van der Waals surface area contributed by atoms with Crippen LogP contribution < -0.4 is 16.5 Å². The van der Waals surface area contributed by atoms with E-state index in [0.29, 0.717) is 17.9 Å². The summed E-state index contributed by atoms with van der Waals surface area (Å²) in [5.74, 6) is 5.29. The SMILES string of the molecule is CCONC(=O)C(NC(=O)c1ccc(C#Cc2ccc(N)cc2)cc1)C(C)C. The van der Waals surface area contributed by atoms with E-state index in [-0.39, 0.29) is 17.7 Å². The molecule has 0 saturated heterocycles. The highest BCUT2D eigenvalue weighted by Crippen LogP contribution is 2.08. The first kappa shape index (κ1) is 21.0. The molecule has 6 heteroatoms. The van der Waals surface area contributed by atoms with Gasteiger partial charge in [-0.2, -0.15) is 0 Å². The normalized spacial score (nSPS) is 11.3. The van der Waals surface area contributed by atoms with Gasteiger partial charge in [-0.3, -0.25) is 14.4 Å². The summed E-state index contributed by atoms with van der Waals surface area (Å²) < 4.78 is 0. The van der Waals surface area contributed by atoms with Crippen molar-refractivity contribution < 1.29 is 14.4 Å². The van der Waals surface area contributed by atoms with Crippen LogP contribution in [0, 0.1) is 17.8 Å². The molecular formula is C22H25N3O3. The molecule has 2 aromatic carbocycles. The van der Waals surface area contributed by atoms with Gasteiger partial charge >= 0.3 is 0 Å². The molecule has 146 valence electrons. The molecule has 2 rings (SSSR count). The molecule has 0 saturated carbocycles. The summed E-state index contributed by atoms with van der Waals surface area (Å²) in [4.78, 5) is 29.5. The van der Waals surface area contributed by atoms with Crippen molar-refractivity contribution in [3.8, 4) is 11.8 Å². The third-order valence-corrected chi connectivity index (χ3v) is 3.96. The van der Waals surface area contributed by atoms with E-state index in [1.165, 1.54) is 0 Å². The first-order valence-corrected chi connectivity index (χ1v) is 9.10. The maximum absolute atomic E-state index is 12.5. The maximum Gasteiger partial charge on any atom is 0.266 e. The third-order valence-electron chi connectivity index (χ3n) is 3.96. The summed E-state index contributed by atoms with van der Waals surface area (Å²) in [5.41, 5.74) is 10.8. The van der Waals surface area contributed by atoms with Crippen molar-refractivity contribution in [3.63, 3.8) is 0 Å². The number of hydrogen-bond donors (Lipinski definition) is 3. The average molecular weight is 379 g/mol. The Labute approximate surface area is 165 Å². The molecule has 0 aliphatic carbocycles. The second-order valence-electron chi connectivity index (χ2n) is 6.54. The van der Waals surface area contributed by atoms with Gasteiger partial charge in [0, 0.05) is 22.4 Å². The van der Waals surface area contributed by atoms with E-state index >= 15 is 0 Å². The van der Waals surface area contributed by atoms with E-state index in [9.17, 15) is 9.59 Å². The topological polar surface area (TPSA) is 93.5 Å². The van der Waals surface area contributed by atoms with Crippen LogP contribution in [0.3, 0.4) is 0 Å². The molecule has 0 aromatic heterocycles. The molecule has 0 heterocycles. The van der Waals surface area contributed by atoms with Crippen LogP contribution in [0.2, 0.25) is 0 Å². The zero-order chi connectivity index (χ0) is 20.5. The molecular weight excluding hydrogens is 354 g/mol. The average Bonchev–Trinajstić information content (AvgIpc) is 2.69. The first-order valence-electron chi connectivity index (χ1n) is 9.10. The number of rotatable bonds is 6. The molecule has 2 amide bonds. The molecule has 28 heavy (non-hydrogen) atoms. The zero-order valence-corrected chi connectivity index (χ0v) is 16.3. The number of anilines is 1. The minimum absolute atomic E-state index is 0.0885. The molecule has 0 bridgehead atoms. The van der Waals surface area contributed by atoms with E-state index in [1.807, 2.05) is 26.0 Å². The molecule has 0 aliphatic heterocycles. The Kier molecular flexibility index (Phi) is 7.61. The Bertz CT molecular complexity index is 863. The van der Waals surface area contributed by atoms with Crippen molar-refractivity contribution in [3.05, 3.63) is 65.2 Å². The molecule has 0 aliphatic rings. The minimum Gasteiger partial charge on any atom is -0.399 e. The fourth-order valence-electron chi connectivity index (χ4n) is 2.38. The highest BCUT2D eigenvalue weighted by Gasteiger charge is 2.24. The lowest BCUT2D eigenvalue weighted by atomic mass is 10.0. The second kappa shape index (κ2) is 10.1. The van der Waals surface area contributed by atoms with Crippen LogP contribution in [0.5, 0.6) is 0 Å². The summed E-state index contributed by atoms with van der Waals surface area (Å²) in [6.45, 7) is 5.82. The number of benzene rings is 2. The Morgan fingerprint density at radius 3 is 2.04 bits per heavy atom. The van der Waals surface area contributed by atoms with Gasteiger partial charge in [0.15, 0.2) is 0 Å². The summed E-state index contributed by atoms with van der Waals surface area (Å²) in [7, 11) is 0. The lowest BCUT2D eigenvalue weighted by Gasteiger charge is -2.21.